The van der Waals surface area contributed by atoms with Crippen molar-refractivity contribution in [1.29, 1.82) is 0 Å². The average molecular weight is 299 g/mol. The van der Waals surface area contributed by atoms with Gasteiger partial charge in [0.2, 0.25) is 0 Å². The summed E-state index contributed by atoms with van der Waals surface area (Å²) in [5.74, 6) is 1.29. The molecule has 1 aliphatic heterocycles. The molecule has 4 rings (SSSR count). The van der Waals surface area contributed by atoms with E-state index >= 15 is 0 Å². The molecule has 1 saturated heterocycles. The molecule has 0 radical (unpaired) electrons. The van der Waals surface area contributed by atoms with E-state index in [0.29, 0.717) is 11.2 Å². The number of phenols is 1. The van der Waals surface area contributed by atoms with Crippen molar-refractivity contribution < 1.29 is 5.11 Å². The molecule has 0 spiro atoms. The molecular weight excluding hydrogens is 270 g/mol. The second-order valence-corrected chi connectivity index (χ2v) is 7.76. The van der Waals surface area contributed by atoms with E-state index in [9.17, 15) is 5.11 Å². The van der Waals surface area contributed by atoms with Gasteiger partial charge in [0.25, 0.3) is 0 Å². The highest BCUT2D eigenvalue weighted by Crippen LogP contribution is 2.57. The smallest absolute Gasteiger partial charge is 0.115 e. The fraction of sp³-hybridized carbons (Fsp3) is 0.700. The van der Waals surface area contributed by atoms with E-state index in [-0.39, 0.29) is 0 Å². The van der Waals surface area contributed by atoms with Crippen molar-refractivity contribution in [2.75, 3.05) is 13.1 Å². The van der Waals surface area contributed by atoms with Crippen LogP contribution in [0.15, 0.2) is 18.2 Å². The third kappa shape index (κ3) is 2.11. The van der Waals surface area contributed by atoms with Crippen LogP contribution in [-0.2, 0) is 11.8 Å². The van der Waals surface area contributed by atoms with Crippen LogP contribution in [0.25, 0.3) is 0 Å². The van der Waals surface area contributed by atoms with Crippen molar-refractivity contribution in [2.24, 2.45) is 5.92 Å². The number of aromatic hydroxyl groups is 1. The van der Waals surface area contributed by atoms with Gasteiger partial charge in [-0.05, 0) is 74.4 Å². The maximum atomic E-state index is 9.99. The number of unbranched alkanes of at least 4 members (excludes halogenated alkanes) is 2. The molecule has 3 aliphatic rings. The number of phenolic OH excluding ortho intramolecular Hbond substituents is 1. The Morgan fingerprint density at radius 2 is 2.18 bits per heavy atom. The molecule has 1 aromatic rings. The van der Waals surface area contributed by atoms with Gasteiger partial charge in [-0.3, -0.25) is 4.90 Å². The number of fused-ring (bicyclic) bond motifs is 1. The van der Waals surface area contributed by atoms with E-state index in [4.69, 9.17) is 0 Å². The van der Waals surface area contributed by atoms with E-state index in [1.54, 1.807) is 0 Å². The fourth-order valence-corrected chi connectivity index (χ4v) is 5.75. The fourth-order valence-electron chi connectivity index (χ4n) is 5.75. The lowest BCUT2D eigenvalue weighted by Gasteiger charge is -2.54. The lowest BCUT2D eigenvalue weighted by Crippen LogP contribution is -2.58. The quantitative estimate of drug-likeness (QED) is 0.840. The molecule has 2 bridgehead atoms. The molecule has 2 aliphatic carbocycles. The maximum absolute atomic E-state index is 9.99. The topological polar surface area (TPSA) is 23.5 Å². The Hall–Kier alpha value is -1.02. The molecule has 1 saturated carbocycles. The molecule has 1 N–H and O–H groups in total. The summed E-state index contributed by atoms with van der Waals surface area (Å²) in [5, 5.41) is 9.99. The Bertz CT molecular complexity index is 555. The predicted octanol–water partition coefficient (Wildman–Crippen LogP) is 4.25. The van der Waals surface area contributed by atoms with E-state index in [1.807, 2.05) is 6.07 Å². The summed E-state index contributed by atoms with van der Waals surface area (Å²) >= 11 is 0. The number of likely N-dealkylation sites (tertiary alicyclic amines) is 1. The van der Waals surface area contributed by atoms with E-state index in [1.165, 1.54) is 75.6 Å². The zero-order chi connectivity index (χ0) is 15.2. The lowest BCUT2D eigenvalue weighted by atomic mass is 9.59. The highest BCUT2D eigenvalue weighted by molar-refractivity contribution is 5.45. The Labute approximate surface area is 134 Å². The normalized spacial score (nSPS) is 33.5. The van der Waals surface area contributed by atoms with Crippen molar-refractivity contribution in [1.82, 2.24) is 4.90 Å². The first kappa shape index (κ1) is 14.6. The van der Waals surface area contributed by atoms with Crippen molar-refractivity contribution in [3.05, 3.63) is 29.3 Å². The zero-order valence-corrected chi connectivity index (χ0v) is 13.9. The van der Waals surface area contributed by atoms with Crippen LogP contribution in [0, 0.1) is 5.92 Å². The number of benzene rings is 1. The molecule has 0 amide bonds. The monoisotopic (exact) mass is 299 g/mol. The second-order valence-electron chi connectivity index (χ2n) is 7.76. The summed E-state index contributed by atoms with van der Waals surface area (Å²) in [4.78, 5) is 2.81. The van der Waals surface area contributed by atoms with E-state index in [0.717, 1.165) is 12.0 Å². The van der Waals surface area contributed by atoms with Gasteiger partial charge >= 0.3 is 0 Å². The molecule has 0 aromatic heterocycles. The number of piperidine rings is 1. The summed E-state index contributed by atoms with van der Waals surface area (Å²) in [6.07, 6.45) is 10.6. The Morgan fingerprint density at radius 3 is 3.05 bits per heavy atom. The number of rotatable bonds is 4. The first-order valence-corrected chi connectivity index (χ1v) is 9.31. The van der Waals surface area contributed by atoms with Crippen LogP contribution in [0.2, 0.25) is 0 Å². The van der Waals surface area contributed by atoms with Gasteiger partial charge in [-0.1, -0.05) is 32.3 Å². The van der Waals surface area contributed by atoms with Crippen LogP contribution >= 0.6 is 0 Å². The van der Waals surface area contributed by atoms with Crippen LogP contribution in [0.3, 0.4) is 0 Å². The molecule has 2 nitrogen and oxygen atoms in total. The minimum atomic E-state index is 0.387. The third-order valence-electron chi connectivity index (χ3n) is 6.73. The highest BCUT2D eigenvalue weighted by atomic mass is 16.3. The molecule has 2 fully saturated rings. The van der Waals surface area contributed by atoms with Crippen molar-refractivity contribution in [3.8, 4) is 5.75 Å². The van der Waals surface area contributed by atoms with Gasteiger partial charge in [-0.25, -0.2) is 0 Å². The van der Waals surface area contributed by atoms with E-state index < -0.39 is 0 Å². The van der Waals surface area contributed by atoms with Crippen LogP contribution in [0.1, 0.15) is 63.0 Å². The van der Waals surface area contributed by atoms with Gasteiger partial charge < -0.3 is 5.11 Å². The van der Waals surface area contributed by atoms with Gasteiger partial charge in [0.1, 0.15) is 5.75 Å². The molecule has 3 atom stereocenters. The first-order valence-electron chi connectivity index (χ1n) is 9.31. The molecule has 0 unspecified atom stereocenters. The SMILES string of the molecule is CCCCCN1CC[C@]23CCC[C@H]2[C@H]1Cc1ccc(O)cc13. The van der Waals surface area contributed by atoms with Crippen LogP contribution in [-0.4, -0.2) is 29.1 Å². The molecule has 120 valence electrons. The van der Waals surface area contributed by atoms with Gasteiger partial charge in [-0.2, -0.15) is 0 Å². The number of nitrogens with zero attached hydrogens (tertiary/aromatic N) is 1. The second kappa shape index (κ2) is 5.56. The molecule has 2 heteroatoms. The Kier molecular flexibility index (Phi) is 3.68. The van der Waals surface area contributed by atoms with Crippen molar-refractivity contribution in [2.45, 2.75) is 69.7 Å². The largest absolute Gasteiger partial charge is 0.508 e. The summed E-state index contributed by atoms with van der Waals surface area (Å²) in [6.45, 7) is 4.85. The summed E-state index contributed by atoms with van der Waals surface area (Å²) in [5.41, 5.74) is 3.40. The predicted molar refractivity (Wildman–Crippen MR) is 90.3 cm³/mol. The maximum Gasteiger partial charge on any atom is 0.115 e. The molecule has 1 heterocycles. The molecular formula is C20H29NO. The zero-order valence-electron chi connectivity index (χ0n) is 13.9. The average Bonchev–Trinajstić information content (AvgIpc) is 2.97. The number of hydrogen-bond acceptors (Lipinski definition) is 2. The van der Waals surface area contributed by atoms with Crippen molar-refractivity contribution >= 4 is 0 Å². The highest BCUT2D eigenvalue weighted by Gasteiger charge is 2.55. The number of hydrogen-bond donors (Lipinski definition) is 1. The minimum Gasteiger partial charge on any atom is -0.508 e. The minimum absolute atomic E-state index is 0.387. The van der Waals surface area contributed by atoms with Crippen molar-refractivity contribution in [3.63, 3.8) is 0 Å². The van der Waals surface area contributed by atoms with Crippen LogP contribution < -0.4 is 0 Å². The summed E-state index contributed by atoms with van der Waals surface area (Å²) in [6, 6.07) is 6.94. The molecule has 22 heavy (non-hydrogen) atoms. The molecule has 1 aromatic carbocycles. The first-order chi connectivity index (χ1) is 10.7. The standard InChI is InChI=1S/C20H29NO/c1-2-3-4-11-21-12-10-20-9-5-6-17(20)19(21)13-15-7-8-16(22)14-18(15)20/h7-8,14,17,19,22H,2-6,9-13H2,1H3/t17-,19+,20+/m0/s1. The van der Waals surface area contributed by atoms with Gasteiger partial charge in [0, 0.05) is 11.5 Å². The third-order valence-corrected chi connectivity index (χ3v) is 6.73. The summed E-state index contributed by atoms with van der Waals surface area (Å²) < 4.78 is 0. The summed E-state index contributed by atoms with van der Waals surface area (Å²) in [7, 11) is 0. The van der Waals surface area contributed by atoms with Gasteiger partial charge in [-0.15, -0.1) is 0 Å². The van der Waals surface area contributed by atoms with Crippen LogP contribution in [0.4, 0.5) is 0 Å². The van der Waals surface area contributed by atoms with E-state index in [2.05, 4.69) is 24.0 Å². The Morgan fingerprint density at radius 1 is 1.27 bits per heavy atom. The lowest BCUT2D eigenvalue weighted by molar-refractivity contribution is 0.0303. The van der Waals surface area contributed by atoms with Crippen LogP contribution in [0.5, 0.6) is 5.75 Å². The van der Waals surface area contributed by atoms with Gasteiger partial charge in [0.05, 0.1) is 0 Å². The van der Waals surface area contributed by atoms with Gasteiger partial charge in [0.15, 0.2) is 0 Å². The Balaban J connectivity index is 1.67.